The van der Waals surface area contributed by atoms with E-state index in [0.717, 1.165) is 19.3 Å². The van der Waals surface area contributed by atoms with E-state index in [1.165, 1.54) is 18.2 Å². The molecule has 1 aromatic rings. The Balaban J connectivity index is 3.14. The van der Waals surface area contributed by atoms with Gasteiger partial charge < -0.3 is 5.73 Å². The molecule has 0 aromatic heterocycles. The summed E-state index contributed by atoms with van der Waals surface area (Å²) in [6, 6.07) is 4.35. The SMILES string of the molecule is CCC(CC)(CC)NS(=O)(=O)c1ccc(Cl)c(N)c1. The lowest BCUT2D eigenvalue weighted by Gasteiger charge is -2.31. The molecule has 0 saturated heterocycles. The number of halogens is 1. The Kier molecular flexibility index (Phi) is 5.24. The van der Waals surface area contributed by atoms with Gasteiger partial charge in [-0.1, -0.05) is 32.4 Å². The van der Waals surface area contributed by atoms with Gasteiger partial charge in [0, 0.05) is 5.54 Å². The summed E-state index contributed by atoms with van der Waals surface area (Å²) in [5.74, 6) is 0. The lowest BCUT2D eigenvalue weighted by Crippen LogP contribution is -2.46. The molecule has 1 aromatic carbocycles. The first kappa shape index (κ1) is 16.3. The minimum atomic E-state index is -3.58. The highest BCUT2D eigenvalue weighted by Gasteiger charge is 2.30. The van der Waals surface area contributed by atoms with Crippen molar-refractivity contribution >= 4 is 27.3 Å². The number of hydrogen-bond acceptors (Lipinski definition) is 3. The van der Waals surface area contributed by atoms with Crippen LogP contribution in [0.2, 0.25) is 5.02 Å². The van der Waals surface area contributed by atoms with Crippen molar-refractivity contribution in [1.29, 1.82) is 0 Å². The van der Waals surface area contributed by atoms with Crippen molar-refractivity contribution < 1.29 is 8.42 Å². The zero-order valence-corrected chi connectivity index (χ0v) is 13.1. The summed E-state index contributed by atoms with van der Waals surface area (Å²) in [7, 11) is -3.58. The number of nitrogens with two attached hydrogens (primary N) is 1. The second-order valence-electron chi connectivity index (χ2n) is 4.63. The van der Waals surface area contributed by atoms with E-state index in [0.29, 0.717) is 5.02 Å². The lowest BCUT2D eigenvalue weighted by molar-refractivity contribution is 0.341. The first-order valence-electron chi connectivity index (χ1n) is 6.39. The monoisotopic (exact) mass is 304 g/mol. The fourth-order valence-corrected chi connectivity index (χ4v) is 3.77. The van der Waals surface area contributed by atoms with Crippen LogP contribution in [-0.4, -0.2) is 14.0 Å². The van der Waals surface area contributed by atoms with Crippen LogP contribution >= 0.6 is 11.6 Å². The van der Waals surface area contributed by atoms with Crippen LogP contribution in [0.1, 0.15) is 40.0 Å². The van der Waals surface area contributed by atoms with Gasteiger partial charge in [0.1, 0.15) is 0 Å². The van der Waals surface area contributed by atoms with Crippen LogP contribution in [0.4, 0.5) is 5.69 Å². The molecule has 0 amide bonds. The van der Waals surface area contributed by atoms with Crippen molar-refractivity contribution in [3.8, 4) is 0 Å². The topological polar surface area (TPSA) is 72.2 Å². The maximum atomic E-state index is 12.4. The Hall–Kier alpha value is -0.780. The molecule has 1 rings (SSSR count). The largest absolute Gasteiger partial charge is 0.397 e. The molecule has 0 unspecified atom stereocenters. The zero-order chi connectivity index (χ0) is 14.7. The fourth-order valence-electron chi connectivity index (χ4n) is 2.00. The van der Waals surface area contributed by atoms with E-state index in [9.17, 15) is 8.42 Å². The maximum Gasteiger partial charge on any atom is 0.241 e. The predicted molar refractivity (Wildman–Crippen MR) is 79.8 cm³/mol. The van der Waals surface area contributed by atoms with Crippen molar-refractivity contribution in [3.63, 3.8) is 0 Å². The molecule has 108 valence electrons. The molecule has 0 bridgehead atoms. The Morgan fingerprint density at radius 3 is 2.16 bits per heavy atom. The maximum absolute atomic E-state index is 12.4. The number of sulfonamides is 1. The fraction of sp³-hybridized carbons (Fsp3) is 0.538. The Bertz CT molecular complexity index is 531. The second kappa shape index (κ2) is 6.11. The Morgan fingerprint density at radius 2 is 1.74 bits per heavy atom. The van der Waals surface area contributed by atoms with Crippen molar-refractivity contribution in [2.24, 2.45) is 0 Å². The minimum absolute atomic E-state index is 0.147. The molecule has 0 spiro atoms. The number of rotatable bonds is 6. The van der Waals surface area contributed by atoms with E-state index in [4.69, 9.17) is 17.3 Å². The van der Waals surface area contributed by atoms with Gasteiger partial charge in [-0.2, -0.15) is 0 Å². The number of anilines is 1. The Morgan fingerprint density at radius 1 is 1.21 bits per heavy atom. The van der Waals surface area contributed by atoms with Crippen LogP contribution < -0.4 is 10.5 Å². The van der Waals surface area contributed by atoms with Crippen molar-refractivity contribution in [1.82, 2.24) is 4.72 Å². The second-order valence-corrected chi connectivity index (χ2v) is 6.72. The molecule has 0 radical (unpaired) electrons. The first-order valence-corrected chi connectivity index (χ1v) is 8.25. The van der Waals surface area contributed by atoms with Crippen molar-refractivity contribution in [3.05, 3.63) is 23.2 Å². The number of benzene rings is 1. The van der Waals surface area contributed by atoms with Gasteiger partial charge in [-0.3, -0.25) is 0 Å². The predicted octanol–water partition coefficient (Wildman–Crippen LogP) is 3.17. The molecule has 0 aliphatic rings. The van der Waals surface area contributed by atoms with Crippen LogP contribution in [0.5, 0.6) is 0 Å². The van der Waals surface area contributed by atoms with Crippen LogP contribution in [0, 0.1) is 0 Å². The summed E-state index contributed by atoms with van der Waals surface area (Å²) >= 11 is 5.81. The highest BCUT2D eigenvalue weighted by molar-refractivity contribution is 7.89. The molecule has 0 fully saturated rings. The van der Waals surface area contributed by atoms with E-state index in [1.807, 2.05) is 20.8 Å². The quantitative estimate of drug-likeness (QED) is 0.793. The summed E-state index contributed by atoms with van der Waals surface area (Å²) in [5.41, 5.74) is 5.51. The molecule has 19 heavy (non-hydrogen) atoms. The highest BCUT2D eigenvalue weighted by Crippen LogP contribution is 2.26. The molecular weight excluding hydrogens is 284 g/mol. The highest BCUT2D eigenvalue weighted by atomic mass is 35.5. The molecule has 0 atom stereocenters. The van der Waals surface area contributed by atoms with Crippen LogP contribution in [0.3, 0.4) is 0 Å². The molecular formula is C13H21ClN2O2S. The van der Waals surface area contributed by atoms with E-state index in [2.05, 4.69) is 4.72 Å². The van der Waals surface area contributed by atoms with E-state index in [-0.39, 0.29) is 10.6 Å². The van der Waals surface area contributed by atoms with Crippen LogP contribution in [-0.2, 0) is 10.0 Å². The van der Waals surface area contributed by atoms with Crippen molar-refractivity contribution in [2.75, 3.05) is 5.73 Å². The zero-order valence-electron chi connectivity index (χ0n) is 11.5. The number of nitrogens with one attached hydrogen (secondary N) is 1. The molecule has 4 nitrogen and oxygen atoms in total. The first-order chi connectivity index (χ1) is 8.80. The normalized spacial score (nSPS) is 12.6. The number of nitrogen functional groups attached to an aromatic ring is 1. The molecule has 0 heterocycles. The van der Waals surface area contributed by atoms with Gasteiger partial charge in [-0.25, -0.2) is 13.1 Å². The lowest BCUT2D eigenvalue weighted by atomic mass is 9.91. The summed E-state index contributed by atoms with van der Waals surface area (Å²) in [5, 5.41) is 0.353. The van der Waals surface area contributed by atoms with Crippen molar-refractivity contribution in [2.45, 2.75) is 50.5 Å². The standard InChI is InChI=1S/C13H21ClN2O2S/c1-4-13(5-2,6-3)16-19(17,18)10-7-8-11(14)12(15)9-10/h7-9,16H,4-6,15H2,1-3H3. The molecule has 3 N–H and O–H groups in total. The molecule has 0 aliphatic carbocycles. The van der Waals surface area contributed by atoms with Crippen LogP contribution in [0.25, 0.3) is 0 Å². The van der Waals surface area contributed by atoms with Gasteiger partial charge >= 0.3 is 0 Å². The minimum Gasteiger partial charge on any atom is -0.397 e. The van der Waals surface area contributed by atoms with E-state index in [1.54, 1.807) is 0 Å². The van der Waals surface area contributed by atoms with Gasteiger partial charge in [0.25, 0.3) is 0 Å². The summed E-state index contributed by atoms with van der Waals surface area (Å²) in [4.78, 5) is 0.147. The molecule has 6 heteroatoms. The Labute approximate surface area is 120 Å². The van der Waals surface area contributed by atoms with Gasteiger partial charge in [0.15, 0.2) is 0 Å². The van der Waals surface area contributed by atoms with E-state index < -0.39 is 15.6 Å². The average Bonchev–Trinajstić information content (AvgIpc) is 2.39. The van der Waals surface area contributed by atoms with Gasteiger partial charge in [-0.05, 0) is 37.5 Å². The van der Waals surface area contributed by atoms with E-state index >= 15 is 0 Å². The third-order valence-electron chi connectivity index (χ3n) is 3.66. The number of hydrogen-bond donors (Lipinski definition) is 2. The third-order valence-corrected chi connectivity index (χ3v) is 5.58. The summed E-state index contributed by atoms with van der Waals surface area (Å²) < 4.78 is 27.5. The summed E-state index contributed by atoms with van der Waals surface area (Å²) in [6.45, 7) is 5.93. The van der Waals surface area contributed by atoms with Gasteiger partial charge in [-0.15, -0.1) is 0 Å². The van der Waals surface area contributed by atoms with Gasteiger partial charge in [0.05, 0.1) is 15.6 Å². The van der Waals surface area contributed by atoms with Crippen LogP contribution in [0.15, 0.2) is 23.1 Å². The smallest absolute Gasteiger partial charge is 0.241 e. The molecule has 0 saturated carbocycles. The third kappa shape index (κ3) is 3.61. The average molecular weight is 305 g/mol. The van der Waals surface area contributed by atoms with Gasteiger partial charge in [0.2, 0.25) is 10.0 Å². The summed E-state index contributed by atoms with van der Waals surface area (Å²) in [6.07, 6.45) is 2.22. The molecule has 0 aliphatic heterocycles.